The number of benzene rings is 1. The molecule has 3 N–H and O–H groups in total. The maximum atomic E-state index is 13.7. The van der Waals surface area contributed by atoms with Crippen LogP contribution in [0.25, 0.3) is 0 Å². The van der Waals surface area contributed by atoms with Gasteiger partial charge in [0.2, 0.25) is 0 Å². The van der Waals surface area contributed by atoms with E-state index in [1.54, 1.807) is 23.5 Å². The summed E-state index contributed by atoms with van der Waals surface area (Å²) in [6.07, 6.45) is 3.56. The SMILES string of the molecule is NNC(CCCc1cccs1)Cc1ccc(Cl)cc1F. The normalized spacial score (nSPS) is 12.6. The van der Waals surface area contributed by atoms with Crippen LogP contribution in [0.1, 0.15) is 23.3 Å². The van der Waals surface area contributed by atoms with E-state index in [0.717, 1.165) is 19.3 Å². The molecule has 2 rings (SSSR count). The van der Waals surface area contributed by atoms with Crippen molar-refractivity contribution >= 4 is 22.9 Å². The number of hydrogen-bond donors (Lipinski definition) is 2. The second-order valence-electron chi connectivity index (χ2n) is 4.78. The van der Waals surface area contributed by atoms with E-state index in [1.807, 2.05) is 0 Å². The van der Waals surface area contributed by atoms with Crippen LogP contribution in [-0.4, -0.2) is 6.04 Å². The topological polar surface area (TPSA) is 38.0 Å². The quantitative estimate of drug-likeness (QED) is 0.600. The monoisotopic (exact) mass is 312 g/mol. The number of thiophene rings is 1. The van der Waals surface area contributed by atoms with E-state index in [-0.39, 0.29) is 11.9 Å². The van der Waals surface area contributed by atoms with E-state index in [2.05, 4.69) is 22.9 Å². The summed E-state index contributed by atoms with van der Waals surface area (Å²) in [4.78, 5) is 1.37. The molecule has 0 amide bonds. The van der Waals surface area contributed by atoms with E-state index in [4.69, 9.17) is 17.4 Å². The summed E-state index contributed by atoms with van der Waals surface area (Å²) in [5, 5.41) is 2.50. The van der Waals surface area contributed by atoms with E-state index in [9.17, 15) is 4.39 Å². The molecule has 0 saturated carbocycles. The molecule has 1 heterocycles. The number of rotatable bonds is 7. The highest BCUT2D eigenvalue weighted by atomic mass is 35.5. The molecule has 0 fully saturated rings. The van der Waals surface area contributed by atoms with Gasteiger partial charge in [0, 0.05) is 15.9 Å². The Labute approximate surface area is 127 Å². The van der Waals surface area contributed by atoms with E-state index < -0.39 is 0 Å². The highest BCUT2D eigenvalue weighted by molar-refractivity contribution is 7.09. The van der Waals surface area contributed by atoms with Crippen LogP contribution in [0.15, 0.2) is 35.7 Å². The smallest absolute Gasteiger partial charge is 0.127 e. The molecule has 0 radical (unpaired) electrons. The lowest BCUT2D eigenvalue weighted by molar-refractivity contribution is 0.467. The van der Waals surface area contributed by atoms with Crippen LogP contribution in [-0.2, 0) is 12.8 Å². The maximum absolute atomic E-state index is 13.7. The number of nitrogens with two attached hydrogens (primary N) is 1. The second-order valence-corrected chi connectivity index (χ2v) is 6.24. The molecule has 5 heteroatoms. The molecule has 1 aromatic heterocycles. The molecule has 1 aromatic carbocycles. The fourth-order valence-electron chi connectivity index (χ4n) is 2.17. The van der Waals surface area contributed by atoms with Gasteiger partial charge in [-0.3, -0.25) is 11.3 Å². The van der Waals surface area contributed by atoms with E-state index >= 15 is 0 Å². The highest BCUT2D eigenvalue weighted by Crippen LogP contribution is 2.18. The van der Waals surface area contributed by atoms with Crippen molar-refractivity contribution in [1.82, 2.24) is 5.43 Å². The van der Waals surface area contributed by atoms with Crippen molar-refractivity contribution in [3.63, 3.8) is 0 Å². The van der Waals surface area contributed by atoms with Crippen molar-refractivity contribution in [3.8, 4) is 0 Å². The van der Waals surface area contributed by atoms with Crippen molar-refractivity contribution in [1.29, 1.82) is 0 Å². The predicted molar refractivity (Wildman–Crippen MR) is 83.5 cm³/mol. The molecule has 20 heavy (non-hydrogen) atoms. The summed E-state index contributed by atoms with van der Waals surface area (Å²) >= 11 is 7.51. The zero-order valence-corrected chi connectivity index (χ0v) is 12.7. The lowest BCUT2D eigenvalue weighted by Gasteiger charge is -2.16. The van der Waals surface area contributed by atoms with Gasteiger partial charge in [0.1, 0.15) is 5.82 Å². The van der Waals surface area contributed by atoms with Crippen LogP contribution < -0.4 is 11.3 Å². The fraction of sp³-hybridized carbons (Fsp3) is 0.333. The first-order valence-electron chi connectivity index (χ1n) is 6.61. The Morgan fingerprint density at radius 2 is 2.20 bits per heavy atom. The molecule has 2 aromatic rings. The average molecular weight is 313 g/mol. The van der Waals surface area contributed by atoms with Crippen LogP contribution in [0.4, 0.5) is 4.39 Å². The van der Waals surface area contributed by atoms with Crippen LogP contribution in [0, 0.1) is 5.82 Å². The zero-order chi connectivity index (χ0) is 14.4. The Bertz CT molecular complexity index is 531. The molecule has 0 aliphatic carbocycles. The van der Waals surface area contributed by atoms with Gasteiger partial charge in [-0.05, 0) is 54.8 Å². The number of hydrazine groups is 1. The summed E-state index contributed by atoms with van der Waals surface area (Å²) in [5.74, 6) is 5.30. The number of hydrogen-bond acceptors (Lipinski definition) is 3. The molecule has 0 aliphatic heterocycles. The second kappa shape index (κ2) is 7.74. The van der Waals surface area contributed by atoms with Gasteiger partial charge in [0.15, 0.2) is 0 Å². The van der Waals surface area contributed by atoms with Gasteiger partial charge in [-0.2, -0.15) is 0 Å². The Balaban J connectivity index is 1.85. The number of aryl methyl sites for hydroxylation is 1. The summed E-state index contributed by atoms with van der Waals surface area (Å²) in [7, 11) is 0. The molecule has 0 bridgehead atoms. The largest absolute Gasteiger partial charge is 0.271 e. The summed E-state index contributed by atoms with van der Waals surface area (Å²) in [6.45, 7) is 0. The molecule has 0 spiro atoms. The lowest BCUT2D eigenvalue weighted by atomic mass is 10.0. The number of halogens is 2. The standard InChI is InChI=1S/C15H18ClFN2S/c16-12-7-6-11(15(17)10-12)9-13(19-18)3-1-4-14-5-2-8-20-14/h2,5-8,10,13,19H,1,3-4,9,18H2. The zero-order valence-electron chi connectivity index (χ0n) is 11.1. The van der Waals surface area contributed by atoms with Gasteiger partial charge in [0.25, 0.3) is 0 Å². The molecule has 2 nitrogen and oxygen atoms in total. The van der Waals surface area contributed by atoms with Gasteiger partial charge < -0.3 is 0 Å². The first-order valence-corrected chi connectivity index (χ1v) is 7.87. The third-order valence-corrected chi connectivity index (χ3v) is 4.44. The minimum absolute atomic E-state index is 0.0747. The van der Waals surface area contributed by atoms with Gasteiger partial charge in [-0.1, -0.05) is 23.7 Å². The average Bonchev–Trinajstić information content (AvgIpc) is 2.93. The van der Waals surface area contributed by atoms with Crippen molar-refractivity contribution in [2.45, 2.75) is 31.7 Å². The summed E-state index contributed by atoms with van der Waals surface area (Å²) in [6, 6.07) is 9.04. The van der Waals surface area contributed by atoms with Crippen molar-refractivity contribution < 1.29 is 4.39 Å². The van der Waals surface area contributed by atoms with Crippen LogP contribution in [0.3, 0.4) is 0 Å². The third-order valence-electron chi connectivity index (χ3n) is 3.27. The minimum Gasteiger partial charge on any atom is -0.271 e. The Hall–Kier alpha value is -0.940. The van der Waals surface area contributed by atoms with Crippen LogP contribution in [0.5, 0.6) is 0 Å². The van der Waals surface area contributed by atoms with Crippen LogP contribution in [0.2, 0.25) is 5.02 Å². The van der Waals surface area contributed by atoms with E-state index in [0.29, 0.717) is 17.0 Å². The summed E-state index contributed by atoms with van der Waals surface area (Å²) < 4.78 is 13.7. The molecule has 0 aliphatic rings. The van der Waals surface area contributed by atoms with Gasteiger partial charge in [-0.25, -0.2) is 4.39 Å². The molecule has 1 atom stereocenters. The van der Waals surface area contributed by atoms with Gasteiger partial charge in [-0.15, -0.1) is 11.3 Å². The van der Waals surface area contributed by atoms with E-state index in [1.165, 1.54) is 10.9 Å². The van der Waals surface area contributed by atoms with Crippen LogP contribution >= 0.6 is 22.9 Å². The first kappa shape index (κ1) is 15.4. The van der Waals surface area contributed by atoms with Gasteiger partial charge in [0.05, 0.1) is 0 Å². The highest BCUT2D eigenvalue weighted by Gasteiger charge is 2.11. The van der Waals surface area contributed by atoms with Gasteiger partial charge >= 0.3 is 0 Å². The summed E-state index contributed by atoms with van der Waals surface area (Å²) in [5.41, 5.74) is 3.42. The first-order chi connectivity index (χ1) is 9.69. The molecular formula is C15H18ClFN2S. The maximum Gasteiger partial charge on any atom is 0.127 e. The molecular weight excluding hydrogens is 295 g/mol. The van der Waals surface area contributed by atoms with Crippen molar-refractivity contribution in [2.24, 2.45) is 5.84 Å². The molecule has 1 unspecified atom stereocenters. The van der Waals surface area contributed by atoms with Crippen molar-refractivity contribution in [3.05, 3.63) is 57.0 Å². The number of nitrogens with one attached hydrogen (secondary N) is 1. The Kier molecular flexibility index (Phi) is 5.98. The Morgan fingerprint density at radius 3 is 2.85 bits per heavy atom. The molecule has 0 saturated heterocycles. The fourth-order valence-corrected chi connectivity index (χ4v) is 3.08. The Morgan fingerprint density at radius 1 is 1.35 bits per heavy atom. The van der Waals surface area contributed by atoms with Crippen molar-refractivity contribution in [2.75, 3.05) is 0 Å². The predicted octanol–water partition coefficient (Wildman–Crippen LogP) is 3.94. The lowest BCUT2D eigenvalue weighted by Crippen LogP contribution is -2.37. The molecule has 108 valence electrons. The minimum atomic E-state index is -0.268. The third kappa shape index (κ3) is 4.56.